The van der Waals surface area contributed by atoms with Crippen LogP contribution in [0.25, 0.3) is 0 Å². The predicted octanol–water partition coefficient (Wildman–Crippen LogP) is 2.55. The van der Waals surface area contributed by atoms with E-state index in [0.29, 0.717) is 11.1 Å². The maximum atomic E-state index is 11.3. The second-order valence-corrected chi connectivity index (χ2v) is 4.63. The quantitative estimate of drug-likeness (QED) is 0.526. The van der Waals surface area contributed by atoms with Crippen LogP contribution in [-0.2, 0) is 4.74 Å². The fourth-order valence-corrected chi connectivity index (χ4v) is 1.98. The number of nitriles is 1. The standard InChI is InChI=1S/C9H5I2NO2/c1-14-9(13)5-2-3-7(10)8(11)6(5)4-12/h2-3H,1H3. The summed E-state index contributed by atoms with van der Waals surface area (Å²) < 4.78 is 6.31. The summed E-state index contributed by atoms with van der Waals surface area (Å²) in [4.78, 5) is 11.3. The van der Waals surface area contributed by atoms with Crippen LogP contribution in [0, 0.1) is 18.5 Å². The van der Waals surface area contributed by atoms with E-state index in [1.165, 1.54) is 7.11 Å². The van der Waals surface area contributed by atoms with Gasteiger partial charge in [0.1, 0.15) is 6.07 Å². The van der Waals surface area contributed by atoms with Crippen LogP contribution in [0.1, 0.15) is 15.9 Å². The van der Waals surface area contributed by atoms with E-state index < -0.39 is 5.97 Å². The monoisotopic (exact) mass is 413 g/mol. The van der Waals surface area contributed by atoms with Crippen LogP contribution in [0.3, 0.4) is 0 Å². The Labute approximate surface area is 109 Å². The molecule has 0 radical (unpaired) electrons. The number of carbonyl (C=O) groups excluding carboxylic acids is 1. The summed E-state index contributed by atoms with van der Waals surface area (Å²) in [6.07, 6.45) is 0. The second-order valence-electron chi connectivity index (χ2n) is 2.39. The zero-order chi connectivity index (χ0) is 10.7. The van der Waals surface area contributed by atoms with Crippen LogP contribution >= 0.6 is 45.2 Å². The fourth-order valence-electron chi connectivity index (χ4n) is 0.940. The molecule has 0 saturated carbocycles. The van der Waals surface area contributed by atoms with Crippen molar-refractivity contribution < 1.29 is 9.53 Å². The molecule has 0 atom stereocenters. The van der Waals surface area contributed by atoms with Gasteiger partial charge in [-0.05, 0) is 57.3 Å². The Morgan fingerprint density at radius 1 is 1.50 bits per heavy atom. The Morgan fingerprint density at radius 2 is 2.14 bits per heavy atom. The number of nitrogens with zero attached hydrogens (tertiary/aromatic N) is 1. The topological polar surface area (TPSA) is 50.1 Å². The van der Waals surface area contributed by atoms with E-state index >= 15 is 0 Å². The van der Waals surface area contributed by atoms with E-state index in [1.54, 1.807) is 12.1 Å². The maximum absolute atomic E-state index is 11.3. The van der Waals surface area contributed by atoms with Crippen LogP contribution in [0.15, 0.2) is 12.1 Å². The minimum absolute atomic E-state index is 0.319. The normalized spacial score (nSPS) is 9.29. The highest BCUT2D eigenvalue weighted by molar-refractivity contribution is 14.1. The number of esters is 1. The average Bonchev–Trinajstić information content (AvgIpc) is 2.20. The molecule has 0 aliphatic carbocycles. The summed E-state index contributed by atoms with van der Waals surface area (Å²) in [5.74, 6) is -0.476. The maximum Gasteiger partial charge on any atom is 0.339 e. The summed E-state index contributed by atoms with van der Waals surface area (Å²) in [7, 11) is 1.30. The summed E-state index contributed by atoms with van der Waals surface area (Å²) >= 11 is 4.16. The van der Waals surface area contributed by atoms with Gasteiger partial charge in [-0.25, -0.2) is 4.79 Å². The largest absolute Gasteiger partial charge is 0.465 e. The first-order valence-corrected chi connectivity index (χ1v) is 5.74. The molecule has 0 aliphatic heterocycles. The van der Waals surface area contributed by atoms with Crippen molar-refractivity contribution in [3.8, 4) is 6.07 Å². The van der Waals surface area contributed by atoms with Crippen molar-refractivity contribution in [3.63, 3.8) is 0 Å². The van der Waals surface area contributed by atoms with Crippen LogP contribution in [-0.4, -0.2) is 13.1 Å². The third-order valence-corrected chi connectivity index (χ3v) is 4.66. The number of ether oxygens (including phenoxy) is 1. The van der Waals surface area contributed by atoms with Crippen LogP contribution in [0.4, 0.5) is 0 Å². The molecule has 0 bridgehead atoms. The first-order chi connectivity index (χ1) is 6.61. The lowest BCUT2D eigenvalue weighted by molar-refractivity contribution is 0.0600. The Morgan fingerprint density at radius 3 is 2.64 bits per heavy atom. The molecule has 72 valence electrons. The van der Waals surface area contributed by atoms with Crippen LogP contribution < -0.4 is 0 Å². The summed E-state index contributed by atoms with van der Waals surface area (Å²) in [6.45, 7) is 0. The van der Waals surface area contributed by atoms with Crippen molar-refractivity contribution >= 4 is 51.2 Å². The smallest absolute Gasteiger partial charge is 0.339 e. The van der Waals surface area contributed by atoms with E-state index in [1.807, 2.05) is 28.7 Å². The second kappa shape index (κ2) is 4.93. The number of rotatable bonds is 1. The highest BCUT2D eigenvalue weighted by atomic mass is 127. The lowest BCUT2D eigenvalue weighted by atomic mass is 10.1. The third kappa shape index (κ3) is 2.17. The SMILES string of the molecule is COC(=O)c1ccc(I)c(I)c1C#N. The molecule has 0 fully saturated rings. The van der Waals surface area contributed by atoms with Gasteiger partial charge in [0, 0.05) is 7.14 Å². The van der Waals surface area contributed by atoms with Crippen molar-refractivity contribution in [2.45, 2.75) is 0 Å². The minimum atomic E-state index is -0.476. The average molecular weight is 413 g/mol. The number of carbonyl (C=O) groups is 1. The summed E-state index contributed by atoms with van der Waals surface area (Å²) in [5, 5.41) is 8.90. The summed E-state index contributed by atoms with van der Waals surface area (Å²) in [6, 6.07) is 5.40. The number of hydrogen-bond donors (Lipinski definition) is 0. The van der Waals surface area contributed by atoms with Gasteiger partial charge in [-0.15, -0.1) is 0 Å². The first-order valence-electron chi connectivity index (χ1n) is 3.58. The zero-order valence-electron chi connectivity index (χ0n) is 7.17. The third-order valence-electron chi connectivity index (χ3n) is 1.61. The highest BCUT2D eigenvalue weighted by Crippen LogP contribution is 2.22. The Hall–Kier alpha value is -0.360. The van der Waals surface area contributed by atoms with Gasteiger partial charge in [0.2, 0.25) is 0 Å². The van der Waals surface area contributed by atoms with Gasteiger partial charge >= 0.3 is 5.97 Å². The Balaban J connectivity index is 3.40. The molecule has 0 aromatic heterocycles. The first kappa shape index (κ1) is 11.7. The van der Waals surface area contributed by atoms with E-state index in [2.05, 4.69) is 27.3 Å². The minimum Gasteiger partial charge on any atom is -0.465 e. The molecule has 1 rings (SSSR count). The molecule has 1 aromatic rings. The number of halogens is 2. The van der Waals surface area contributed by atoms with Crippen LogP contribution in [0.2, 0.25) is 0 Å². The van der Waals surface area contributed by atoms with Crippen molar-refractivity contribution in [2.24, 2.45) is 0 Å². The molecule has 0 unspecified atom stereocenters. The predicted molar refractivity (Wildman–Crippen MR) is 67.9 cm³/mol. The number of methoxy groups -OCH3 is 1. The van der Waals surface area contributed by atoms with E-state index in [4.69, 9.17) is 5.26 Å². The Bertz CT molecular complexity index is 424. The molecule has 0 heterocycles. The van der Waals surface area contributed by atoms with Gasteiger partial charge < -0.3 is 4.74 Å². The van der Waals surface area contributed by atoms with E-state index in [9.17, 15) is 4.79 Å². The zero-order valence-corrected chi connectivity index (χ0v) is 11.5. The van der Waals surface area contributed by atoms with E-state index in [0.717, 1.165) is 7.14 Å². The van der Waals surface area contributed by atoms with Crippen LogP contribution in [0.5, 0.6) is 0 Å². The molecule has 14 heavy (non-hydrogen) atoms. The molecule has 0 amide bonds. The van der Waals surface area contributed by atoms with Gasteiger partial charge in [0.05, 0.1) is 18.2 Å². The van der Waals surface area contributed by atoms with E-state index in [-0.39, 0.29) is 0 Å². The lowest BCUT2D eigenvalue weighted by Gasteiger charge is -2.04. The van der Waals surface area contributed by atoms with Gasteiger partial charge in [-0.3, -0.25) is 0 Å². The van der Waals surface area contributed by atoms with Crippen molar-refractivity contribution in [3.05, 3.63) is 30.4 Å². The van der Waals surface area contributed by atoms with Gasteiger partial charge in [0.25, 0.3) is 0 Å². The van der Waals surface area contributed by atoms with Gasteiger partial charge in [-0.2, -0.15) is 5.26 Å². The molecule has 1 aromatic carbocycles. The highest BCUT2D eigenvalue weighted by Gasteiger charge is 2.15. The molecule has 0 spiro atoms. The molecular weight excluding hydrogens is 408 g/mol. The van der Waals surface area contributed by atoms with Crippen molar-refractivity contribution in [1.29, 1.82) is 5.26 Å². The number of hydrogen-bond acceptors (Lipinski definition) is 3. The number of benzene rings is 1. The van der Waals surface area contributed by atoms with Gasteiger partial charge in [0.15, 0.2) is 0 Å². The fraction of sp³-hybridized carbons (Fsp3) is 0.111. The summed E-state index contributed by atoms with van der Waals surface area (Å²) in [5.41, 5.74) is 0.698. The molecule has 5 heteroatoms. The van der Waals surface area contributed by atoms with Gasteiger partial charge in [-0.1, -0.05) is 0 Å². The molecule has 0 saturated heterocycles. The Kier molecular flexibility index (Phi) is 4.12. The van der Waals surface area contributed by atoms with Crippen molar-refractivity contribution in [2.75, 3.05) is 7.11 Å². The lowest BCUT2D eigenvalue weighted by Crippen LogP contribution is -2.06. The molecule has 0 N–H and O–H groups in total. The van der Waals surface area contributed by atoms with Crippen molar-refractivity contribution in [1.82, 2.24) is 0 Å². The molecule has 3 nitrogen and oxygen atoms in total. The molecule has 0 aliphatic rings. The molecular formula is C9H5I2NO2.